The Hall–Kier alpha value is -0.160. The van der Waals surface area contributed by atoms with Crippen LogP contribution in [0.15, 0.2) is 0 Å². The number of aliphatic hydroxyl groups excluding tert-OH is 2. The molecule has 10 radical (unpaired) electrons. The summed E-state index contributed by atoms with van der Waals surface area (Å²) < 4.78 is 0. The highest BCUT2D eigenvalue weighted by Gasteiger charge is 2.28. The minimum atomic E-state index is 0.133. The molecule has 0 atom stereocenters. The number of aliphatic hydroxyl groups is 2. The lowest BCUT2D eigenvalue weighted by Gasteiger charge is -2.16. The standard InChI is InChI=1S/C19H28N2O2/c22-14-18-6-1-4-16(18)8-12-20-10-3-11-21-13-9-17-5-2-7-19(17)15-23/h1-2,4-7,20-23H,3,8-15H2. The van der Waals surface area contributed by atoms with Crippen molar-refractivity contribution in [1.29, 1.82) is 0 Å². The summed E-state index contributed by atoms with van der Waals surface area (Å²) >= 11 is 0. The van der Waals surface area contributed by atoms with Crippen LogP contribution in [0.3, 0.4) is 0 Å². The maximum absolute atomic E-state index is 9.19. The van der Waals surface area contributed by atoms with Gasteiger partial charge in [-0.1, -0.05) is 0 Å². The van der Waals surface area contributed by atoms with Gasteiger partial charge in [0.1, 0.15) is 0 Å². The van der Waals surface area contributed by atoms with E-state index >= 15 is 0 Å². The van der Waals surface area contributed by atoms with E-state index in [1.807, 2.05) is 25.7 Å². The van der Waals surface area contributed by atoms with E-state index in [4.69, 9.17) is 0 Å². The highest BCUT2D eigenvalue weighted by atomic mass is 16.3. The third-order valence-electron chi connectivity index (χ3n) is 4.20. The molecule has 2 fully saturated rings. The van der Waals surface area contributed by atoms with Gasteiger partial charge >= 0.3 is 0 Å². The van der Waals surface area contributed by atoms with Crippen molar-refractivity contribution in [2.24, 2.45) is 0 Å². The zero-order valence-corrected chi connectivity index (χ0v) is 13.7. The van der Waals surface area contributed by atoms with Crippen molar-refractivity contribution >= 4 is 0 Å². The van der Waals surface area contributed by atoms with Crippen LogP contribution < -0.4 is 10.6 Å². The fraction of sp³-hybridized carbons (Fsp3) is 0.474. The average Bonchev–Trinajstić information content (AvgIpc) is 3.21. The van der Waals surface area contributed by atoms with Crippen LogP contribution >= 0.6 is 0 Å². The predicted octanol–water partition coefficient (Wildman–Crippen LogP) is 0.871. The SMILES string of the molecule is OC[C]1[CH][CH][CH][C]1CCNCCCNCC[C]1[CH][CH][CH][C]1CO. The molecule has 0 aromatic carbocycles. The van der Waals surface area contributed by atoms with Gasteiger partial charge in [-0.3, -0.25) is 0 Å². The van der Waals surface area contributed by atoms with E-state index in [0.29, 0.717) is 0 Å². The van der Waals surface area contributed by atoms with Gasteiger partial charge in [-0.05, 0) is 95.8 Å². The van der Waals surface area contributed by atoms with Crippen molar-refractivity contribution in [1.82, 2.24) is 10.6 Å². The molecule has 0 heterocycles. The van der Waals surface area contributed by atoms with Gasteiger partial charge in [0.25, 0.3) is 0 Å². The molecule has 126 valence electrons. The Morgan fingerprint density at radius 2 is 1.04 bits per heavy atom. The van der Waals surface area contributed by atoms with E-state index in [1.54, 1.807) is 0 Å². The van der Waals surface area contributed by atoms with Crippen LogP contribution in [-0.4, -0.2) is 49.6 Å². The number of nitrogens with one attached hydrogen (secondary N) is 2. The first kappa shape index (κ1) is 19.2. The molecule has 0 aliphatic heterocycles. The Morgan fingerprint density at radius 3 is 1.48 bits per heavy atom. The van der Waals surface area contributed by atoms with E-state index in [1.165, 1.54) is 11.8 Å². The molecule has 2 aliphatic carbocycles. The quantitative estimate of drug-likeness (QED) is 0.404. The Balaban J connectivity index is 1.37. The van der Waals surface area contributed by atoms with E-state index in [9.17, 15) is 10.2 Å². The van der Waals surface area contributed by atoms with Gasteiger partial charge in [0.05, 0.1) is 13.2 Å². The minimum Gasteiger partial charge on any atom is -0.396 e. The van der Waals surface area contributed by atoms with Crippen LogP contribution in [0.5, 0.6) is 0 Å². The van der Waals surface area contributed by atoms with Crippen LogP contribution in [0.2, 0.25) is 0 Å². The second kappa shape index (κ2) is 11.4. The molecule has 0 aromatic rings. The number of hydrogen-bond donors (Lipinski definition) is 4. The van der Waals surface area contributed by atoms with Crippen molar-refractivity contribution in [2.75, 3.05) is 39.4 Å². The van der Waals surface area contributed by atoms with Crippen LogP contribution in [0.25, 0.3) is 0 Å². The molecule has 4 N–H and O–H groups in total. The number of rotatable bonds is 12. The van der Waals surface area contributed by atoms with Crippen molar-refractivity contribution in [2.45, 2.75) is 19.3 Å². The second-order valence-corrected chi connectivity index (χ2v) is 5.82. The summed E-state index contributed by atoms with van der Waals surface area (Å²) in [6.45, 7) is 4.16. The minimum absolute atomic E-state index is 0.133. The third-order valence-corrected chi connectivity index (χ3v) is 4.20. The molecule has 0 amide bonds. The van der Waals surface area contributed by atoms with Crippen molar-refractivity contribution < 1.29 is 10.2 Å². The number of hydrogen-bond acceptors (Lipinski definition) is 4. The Morgan fingerprint density at radius 1 is 0.609 bits per heavy atom. The monoisotopic (exact) mass is 316 g/mol. The van der Waals surface area contributed by atoms with Crippen LogP contribution in [0, 0.1) is 62.2 Å². The van der Waals surface area contributed by atoms with E-state index in [2.05, 4.69) is 23.5 Å². The lowest BCUT2D eigenvalue weighted by molar-refractivity contribution is 0.313. The zero-order chi connectivity index (χ0) is 16.3. The van der Waals surface area contributed by atoms with Gasteiger partial charge < -0.3 is 20.8 Å². The van der Waals surface area contributed by atoms with Gasteiger partial charge in [0, 0.05) is 11.8 Å². The van der Waals surface area contributed by atoms with Gasteiger partial charge in [0.2, 0.25) is 0 Å². The molecule has 2 rings (SSSR count). The van der Waals surface area contributed by atoms with Crippen LogP contribution in [-0.2, 0) is 0 Å². The first-order valence-corrected chi connectivity index (χ1v) is 8.45. The fourth-order valence-electron chi connectivity index (χ4n) is 2.82. The summed E-state index contributed by atoms with van der Waals surface area (Å²) in [5.41, 5.74) is 0. The molecule has 0 saturated heterocycles. The second-order valence-electron chi connectivity index (χ2n) is 5.82. The Bertz CT molecular complexity index is 273. The summed E-state index contributed by atoms with van der Waals surface area (Å²) in [4.78, 5) is 0. The molecule has 0 unspecified atom stereocenters. The van der Waals surface area contributed by atoms with E-state index in [-0.39, 0.29) is 13.2 Å². The molecule has 2 aliphatic rings. The van der Waals surface area contributed by atoms with E-state index in [0.717, 1.165) is 57.3 Å². The van der Waals surface area contributed by atoms with Gasteiger partial charge in [0.15, 0.2) is 0 Å². The van der Waals surface area contributed by atoms with Crippen molar-refractivity contribution in [3.8, 4) is 0 Å². The molecule has 0 aromatic heterocycles. The maximum atomic E-state index is 9.19. The zero-order valence-electron chi connectivity index (χ0n) is 13.7. The Kier molecular flexibility index (Phi) is 9.50. The smallest absolute Gasteiger partial charge is 0.0502 e. The van der Waals surface area contributed by atoms with Gasteiger partial charge in [-0.15, -0.1) is 0 Å². The molecular weight excluding hydrogens is 288 g/mol. The molecule has 23 heavy (non-hydrogen) atoms. The molecule has 2 saturated carbocycles. The first-order chi connectivity index (χ1) is 11.3. The van der Waals surface area contributed by atoms with Crippen LogP contribution in [0.4, 0.5) is 0 Å². The fourth-order valence-corrected chi connectivity index (χ4v) is 2.82. The van der Waals surface area contributed by atoms with Gasteiger partial charge in [-0.25, -0.2) is 0 Å². The van der Waals surface area contributed by atoms with E-state index < -0.39 is 0 Å². The lowest BCUT2D eigenvalue weighted by Crippen LogP contribution is -2.25. The van der Waals surface area contributed by atoms with Gasteiger partial charge in [-0.2, -0.15) is 0 Å². The largest absolute Gasteiger partial charge is 0.396 e. The molecule has 4 nitrogen and oxygen atoms in total. The van der Waals surface area contributed by atoms with Crippen molar-refractivity contribution in [3.05, 3.63) is 62.2 Å². The third kappa shape index (κ3) is 6.69. The Labute approximate surface area is 142 Å². The summed E-state index contributed by atoms with van der Waals surface area (Å²) in [5.74, 6) is 4.58. The maximum Gasteiger partial charge on any atom is 0.0502 e. The predicted molar refractivity (Wildman–Crippen MR) is 92.5 cm³/mol. The topological polar surface area (TPSA) is 64.5 Å². The molecular formula is C19H28N2O2. The normalized spacial score (nSPS) is 21.7. The highest BCUT2D eigenvalue weighted by molar-refractivity contribution is 5.44. The molecule has 0 spiro atoms. The highest BCUT2D eigenvalue weighted by Crippen LogP contribution is 2.35. The summed E-state index contributed by atoms with van der Waals surface area (Å²) in [7, 11) is 0. The lowest BCUT2D eigenvalue weighted by atomic mass is 9.93. The van der Waals surface area contributed by atoms with Crippen molar-refractivity contribution in [3.63, 3.8) is 0 Å². The first-order valence-electron chi connectivity index (χ1n) is 8.45. The summed E-state index contributed by atoms with van der Waals surface area (Å²) in [6, 6.07) is 0. The summed E-state index contributed by atoms with van der Waals surface area (Å²) in [6.07, 6.45) is 15.2. The van der Waals surface area contributed by atoms with Crippen LogP contribution in [0.1, 0.15) is 19.3 Å². The average molecular weight is 316 g/mol. The molecule has 0 bridgehead atoms. The summed E-state index contributed by atoms with van der Waals surface area (Å²) in [5, 5.41) is 25.3. The molecule has 4 heteroatoms.